The second-order valence-corrected chi connectivity index (χ2v) is 6.52. The molecule has 0 aliphatic carbocycles. The van der Waals surface area contributed by atoms with E-state index < -0.39 is 12.2 Å². The molecule has 4 nitrogen and oxygen atoms in total. The van der Waals surface area contributed by atoms with Crippen LogP contribution in [0.5, 0.6) is 0 Å². The Kier molecular flexibility index (Phi) is 5.38. The molecule has 1 saturated heterocycles. The van der Waals surface area contributed by atoms with E-state index in [2.05, 4.69) is 37.9 Å². The molecule has 0 amide bonds. The van der Waals surface area contributed by atoms with E-state index >= 15 is 0 Å². The van der Waals surface area contributed by atoms with Crippen molar-refractivity contribution >= 4 is 0 Å². The molecule has 2 atom stereocenters. The van der Waals surface area contributed by atoms with E-state index in [0.29, 0.717) is 19.0 Å². The molecule has 1 rings (SSSR count). The molecule has 17 heavy (non-hydrogen) atoms. The Bertz CT molecular complexity index is 221. The highest BCUT2D eigenvalue weighted by Gasteiger charge is 2.32. The van der Waals surface area contributed by atoms with Crippen molar-refractivity contribution in [2.24, 2.45) is 11.3 Å². The van der Waals surface area contributed by atoms with E-state index in [-0.39, 0.29) is 5.41 Å². The number of nitrogens with zero attached hydrogens (tertiary/aromatic N) is 1. The average Bonchev–Trinajstić information content (AvgIpc) is 2.43. The number of hydrogen-bond donors (Lipinski definition) is 3. The summed E-state index contributed by atoms with van der Waals surface area (Å²) in [5, 5.41) is 22.5. The van der Waals surface area contributed by atoms with Crippen LogP contribution in [-0.2, 0) is 0 Å². The van der Waals surface area contributed by atoms with Crippen LogP contribution in [0.15, 0.2) is 0 Å². The van der Waals surface area contributed by atoms with Crippen molar-refractivity contribution in [3.8, 4) is 0 Å². The van der Waals surface area contributed by atoms with E-state index in [1.165, 1.54) is 0 Å². The predicted molar refractivity (Wildman–Crippen MR) is 69.9 cm³/mol. The van der Waals surface area contributed by atoms with Gasteiger partial charge >= 0.3 is 0 Å². The lowest BCUT2D eigenvalue weighted by atomic mass is 9.92. The summed E-state index contributed by atoms with van der Waals surface area (Å²) in [6.07, 6.45) is -1.15. The first kappa shape index (κ1) is 14.9. The van der Waals surface area contributed by atoms with Gasteiger partial charge in [0.15, 0.2) is 0 Å². The molecule has 0 saturated carbocycles. The standard InChI is InChI=1S/C13H28N2O2/c1-10(2)5-14-8-13(3,4)9-15-6-11(16)12(17)7-15/h10-12,14,16-17H,5-9H2,1-4H3. The molecule has 0 aromatic carbocycles. The van der Waals surface area contributed by atoms with Gasteiger partial charge in [-0.3, -0.25) is 4.90 Å². The lowest BCUT2D eigenvalue weighted by Crippen LogP contribution is -2.41. The summed E-state index contributed by atoms with van der Waals surface area (Å²) in [4.78, 5) is 2.15. The van der Waals surface area contributed by atoms with Crippen molar-refractivity contribution in [2.75, 3.05) is 32.7 Å². The van der Waals surface area contributed by atoms with Gasteiger partial charge in [0.2, 0.25) is 0 Å². The molecule has 0 bridgehead atoms. The SMILES string of the molecule is CC(C)CNCC(C)(C)CN1CC(O)C(O)C1. The van der Waals surface area contributed by atoms with Crippen LogP contribution in [0, 0.1) is 11.3 Å². The minimum absolute atomic E-state index is 0.165. The molecule has 1 aliphatic rings. The Hall–Kier alpha value is -0.160. The highest BCUT2D eigenvalue weighted by Crippen LogP contribution is 2.20. The third-order valence-electron chi connectivity index (χ3n) is 3.14. The lowest BCUT2D eigenvalue weighted by Gasteiger charge is -2.30. The number of aliphatic hydroxyl groups excluding tert-OH is 2. The molecule has 102 valence electrons. The molecule has 0 spiro atoms. The van der Waals surface area contributed by atoms with Crippen molar-refractivity contribution < 1.29 is 10.2 Å². The van der Waals surface area contributed by atoms with Gasteiger partial charge < -0.3 is 15.5 Å². The first-order chi connectivity index (χ1) is 7.80. The number of nitrogens with one attached hydrogen (secondary N) is 1. The third kappa shape index (κ3) is 5.34. The van der Waals surface area contributed by atoms with Crippen LogP contribution in [0.25, 0.3) is 0 Å². The number of hydrogen-bond acceptors (Lipinski definition) is 4. The minimum atomic E-state index is -0.575. The number of β-amino-alcohol motifs (C(OH)–C–C–N with tert-alkyl or cyclic N) is 2. The zero-order chi connectivity index (χ0) is 13.1. The van der Waals surface area contributed by atoms with Crippen LogP contribution < -0.4 is 5.32 Å². The molecular weight excluding hydrogens is 216 g/mol. The molecular formula is C13H28N2O2. The minimum Gasteiger partial charge on any atom is -0.389 e. The van der Waals surface area contributed by atoms with Crippen molar-refractivity contribution in [2.45, 2.75) is 39.9 Å². The highest BCUT2D eigenvalue weighted by molar-refractivity contribution is 4.87. The van der Waals surface area contributed by atoms with E-state index in [0.717, 1.165) is 19.6 Å². The number of rotatable bonds is 6. The molecule has 1 heterocycles. The van der Waals surface area contributed by atoms with Gasteiger partial charge in [0.05, 0.1) is 12.2 Å². The number of likely N-dealkylation sites (tertiary alicyclic amines) is 1. The van der Waals surface area contributed by atoms with Crippen LogP contribution in [0.1, 0.15) is 27.7 Å². The van der Waals surface area contributed by atoms with Gasteiger partial charge in [-0.05, 0) is 17.9 Å². The maximum absolute atomic E-state index is 9.51. The van der Waals surface area contributed by atoms with Crippen LogP contribution in [0.4, 0.5) is 0 Å². The van der Waals surface area contributed by atoms with Gasteiger partial charge in [-0.1, -0.05) is 27.7 Å². The van der Waals surface area contributed by atoms with Crippen molar-refractivity contribution in [1.82, 2.24) is 10.2 Å². The molecule has 1 fully saturated rings. The predicted octanol–water partition coefficient (Wildman–Crippen LogP) is 0.296. The first-order valence-electron chi connectivity index (χ1n) is 6.59. The maximum atomic E-state index is 9.51. The zero-order valence-electron chi connectivity index (χ0n) is 11.6. The number of aliphatic hydroxyl groups is 2. The Labute approximate surface area is 105 Å². The largest absolute Gasteiger partial charge is 0.389 e. The summed E-state index contributed by atoms with van der Waals surface area (Å²) in [7, 11) is 0. The molecule has 1 aliphatic heterocycles. The Morgan fingerprint density at radius 2 is 1.76 bits per heavy atom. The van der Waals surface area contributed by atoms with Gasteiger partial charge in [0.25, 0.3) is 0 Å². The summed E-state index contributed by atoms with van der Waals surface area (Å²) < 4.78 is 0. The smallest absolute Gasteiger partial charge is 0.0938 e. The Balaban J connectivity index is 2.29. The van der Waals surface area contributed by atoms with Gasteiger partial charge in [-0.15, -0.1) is 0 Å². The van der Waals surface area contributed by atoms with Crippen molar-refractivity contribution in [3.63, 3.8) is 0 Å². The molecule has 3 N–H and O–H groups in total. The van der Waals surface area contributed by atoms with E-state index in [1.54, 1.807) is 0 Å². The van der Waals surface area contributed by atoms with E-state index in [4.69, 9.17) is 0 Å². The summed E-state index contributed by atoms with van der Waals surface area (Å²) >= 11 is 0. The zero-order valence-corrected chi connectivity index (χ0v) is 11.6. The van der Waals surface area contributed by atoms with E-state index in [1.807, 2.05) is 0 Å². The Morgan fingerprint density at radius 3 is 2.24 bits per heavy atom. The van der Waals surface area contributed by atoms with Crippen molar-refractivity contribution in [3.05, 3.63) is 0 Å². The van der Waals surface area contributed by atoms with Gasteiger partial charge in [0.1, 0.15) is 0 Å². The van der Waals surface area contributed by atoms with E-state index in [9.17, 15) is 10.2 Å². The summed E-state index contributed by atoms with van der Waals surface area (Å²) in [6.45, 7) is 12.9. The second-order valence-electron chi connectivity index (χ2n) is 6.52. The van der Waals surface area contributed by atoms with Gasteiger partial charge in [-0.25, -0.2) is 0 Å². The van der Waals surface area contributed by atoms with Gasteiger partial charge in [-0.2, -0.15) is 0 Å². The summed E-state index contributed by atoms with van der Waals surface area (Å²) in [6, 6.07) is 0. The van der Waals surface area contributed by atoms with Crippen LogP contribution in [0.2, 0.25) is 0 Å². The monoisotopic (exact) mass is 244 g/mol. The van der Waals surface area contributed by atoms with Crippen LogP contribution in [-0.4, -0.2) is 60.0 Å². The Morgan fingerprint density at radius 1 is 1.24 bits per heavy atom. The maximum Gasteiger partial charge on any atom is 0.0938 e. The van der Waals surface area contributed by atoms with Gasteiger partial charge in [0, 0.05) is 26.2 Å². The molecule has 4 heteroatoms. The van der Waals surface area contributed by atoms with Crippen LogP contribution in [0.3, 0.4) is 0 Å². The average molecular weight is 244 g/mol. The third-order valence-corrected chi connectivity index (χ3v) is 3.14. The quantitative estimate of drug-likeness (QED) is 0.629. The summed E-state index contributed by atoms with van der Waals surface area (Å²) in [5.74, 6) is 0.668. The summed E-state index contributed by atoms with van der Waals surface area (Å²) in [5.41, 5.74) is 0.165. The fourth-order valence-corrected chi connectivity index (χ4v) is 2.34. The highest BCUT2D eigenvalue weighted by atomic mass is 16.3. The molecule has 2 unspecified atom stereocenters. The second kappa shape index (κ2) is 6.14. The topological polar surface area (TPSA) is 55.7 Å². The normalized spacial score (nSPS) is 27.0. The fraction of sp³-hybridized carbons (Fsp3) is 1.00. The molecule has 0 radical (unpaired) electrons. The fourth-order valence-electron chi connectivity index (χ4n) is 2.34. The first-order valence-corrected chi connectivity index (χ1v) is 6.59. The van der Waals surface area contributed by atoms with Crippen molar-refractivity contribution in [1.29, 1.82) is 0 Å². The molecule has 0 aromatic heterocycles. The lowest BCUT2D eigenvalue weighted by molar-refractivity contribution is 0.0572. The van der Waals surface area contributed by atoms with Crippen LogP contribution >= 0.6 is 0 Å². The molecule has 0 aromatic rings.